The molecular formula is C7H15ClN2O2. The highest BCUT2D eigenvalue weighted by molar-refractivity contribution is 5.85. The Hall–Kier alpha value is -0.770. The molecule has 3 N–H and O–H groups in total. The molecule has 0 heterocycles. The van der Waals surface area contributed by atoms with E-state index in [0.717, 1.165) is 0 Å². The highest BCUT2D eigenvalue weighted by atomic mass is 35.5. The molecule has 0 spiro atoms. The second kappa shape index (κ2) is 6.91. The van der Waals surface area contributed by atoms with Crippen molar-refractivity contribution < 1.29 is 9.90 Å². The van der Waals surface area contributed by atoms with Gasteiger partial charge in [-0.05, 0) is 0 Å². The first kappa shape index (κ1) is 13.8. The Morgan fingerprint density at radius 3 is 2.42 bits per heavy atom. The lowest BCUT2D eigenvalue weighted by molar-refractivity contribution is -0.136. The topological polar surface area (TPSA) is 73.2 Å². The monoisotopic (exact) mass is 194 g/mol. The number of halogens is 1. The summed E-state index contributed by atoms with van der Waals surface area (Å²) in [4.78, 5) is 10.0. The molecule has 0 saturated heterocycles. The van der Waals surface area contributed by atoms with Crippen LogP contribution in [0.25, 0.3) is 0 Å². The molecule has 0 bridgehead atoms. The van der Waals surface area contributed by atoms with Crippen LogP contribution in [0.1, 0.15) is 20.3 Å². The van der Waals surface area contributed by atoms with Crippen LogP contribution in [0.5, 0.6) is 0 Å². The molecule has 0 aromatic rings. The summed E-state index contributed by atoms with van der Waals surface area (Å²) >= 11 is 0. The van der Waals surface area contributed by atoms with E-state index in [4.69, 9.17) is 10.5 Å². The van der Waals surface area contributed by atoms with Crippen LogP contribution in [0.3, 0.4) is 0 Å². The van der Waals surface area contributed by atoms with Gasteiger partial charge in [-0.1, -0.05) is 13.8 Å². The van der Waals surface area contributed by atoms with Crippen LogP contribution in [0, 0.1) is 11.3 Å². The fourth-order valence-electron chi connectivity index (χ4n) is 0.508. The minimum Gasteiger partial charge on any atom is -0.481 e. The fourth-order valence-corrected chi connectivity index (χ4v) is 0.508. The second-order valence-electron chi connectivity index (χ2n) is 2.64. The molecule has 0 amide bonds. The van der Waals surface area contributed by atoms with E-state index in [-0.39, 0.29) is 24.7 Å². The maximum Gasteiger partial charge on any atom is 0.305 e. The third-order valence-electron chi connectivity index (χ3n) is 1.23. The van der Waals surface area contributed by atoms with Crippen LogP contribution in [-0.4, -0.2) is 23.5 Å². The molecule has 5 heteroatoms. The second-order valence-corrected chi connectivity index (χ2v) is 2.64. The fraction of sp³-hybridized carbons (Fsp3) is 0.714. The number of hydrogen-bond donors (Lipinski definition) is 3. The summed E-state index contributed by atoms with van der Waals surface area (Å²) in [6.45, 7) is 4.11. The highest BCUT2D eigenvalue weighted by Gasteiger charge is 2.01. The SMILES string of the molecule is CC(C)C(=N)NCCC(=O)O.Cl. The normalized spacial score (nSPS) is 8.92. The summed E-state index contributed by atoms with van der Waals surface area (Å²) in [5.74, 6) is -0.302. The summed E-state index contributed by atoms with van der Waals surface area (Å²) in [7, 11) is 0. The number of carboxylic acids is 1. The van der Waals surface area contributed by atoms with E-state index >= 15 is 0 Å². The van der Waals surface area contributed by atoms with Crippen molar-refractivity contribution in [1.29, 1.82) is 5.41 Å². The van der Waals surface area contributed by atoms with E-state index in [0.29, 0.717) is 12.4 Å². The average molecular weight is 195 g/mol. The van der Waals surface area contributed by atoms with Crippen molar-refractivity contribution in [3.63, 3.8) is 0 Å². The molecule has 0 aromatic carbocycles. The number of carboxylic acid groups (broad SMARTS) is 1. The minimum atomic E-state index is -0.839. The lowest BCUT2D eigenvalue weighted by Crippen LogP contribution is -2.29. The van der Waals surface area contributed by atoms with Crippen molar-refractivity contribution in [2.24, 2.45) is 5.92 Å². The smallest absolute Gasteiger partial charge is 0.305 e. The molecule has 0 fully saturated rings. The number of rotatable bonds is 4. The quantitative estimate of drug-likeness (QED) is 0.464. The number of nitrogens with one attached hydrogen (secondary N) is 2. The van der Waals surface area contributed by atoms with Gasteiger partial charge in [0.25, 0.3) is 0 Å². The number of hydrogen-bond acceptors (Lipinski definition) is 2. The van der Waals surface area contributed by atoms with Crippen molar-refractivity contribution in [3.05, 3.63) is 0 Å². The molecule has 0 rings (SSSR count). The van der Waals surface area contributed by atoms with Gasteiger partial charge in [-0.25, -0.2) is 0 Å². The van der Waals surface area contributed by atoms with Gasteiger partial charge in [0.2, 0.25) is 0 Å². The molecular weight excluding hydrogens is 180 g/mol. The van der Waals surface area contributed by atoms with Gasteiger partial charge in [0.05, 0.1) is 12.3 Å². The van der Waals surface area contributed by atoms with Crippen molar-refractivity contribution >= 4 is 24.2 Å². The molecule has 4 nitrogen and oxygen atoms in total. The summed E-state index contributed by atoms with van der Waals surface area (Å²) in [5, 5.41) is 18.3. The predicted octanol–water partition coefficient (Wildman–Crippen LogP) is 1.11. The van der Waals surface area contributed by atoms with Gasteiger partial charge in [-0.2, -0.15) is 0 Å². The lowest BCUT2D eigenvalue weighted by atomic mass is 10.2. The van der Waals surface area contributed by atoms with Crippen LogP contribution in [-0.2, 0) is 4.79 Å². The minimum absolute atomic E-state index is 0. The van der Waals surface area contributed by atoms with Gasteiger partial charge in [0, 0.05) is 12.5 Å². The maximum atomic E-state index is 10.0. The van der Waals surface area contributed by atoms with E-state index < -0.39 is 5.97 Å². The molecule has 0 atom stereocenters. The van der Waals surface area contributed by atoms with Crippen molar-refractivity contribution in [3.8, 4) is 0 Å². The Morgan fingerprint density at radius 2 is 2.08 bits per heavy atom. The number of amidine groups is 1. The Bertz CT molecular complexity index is 159. The van der Waals surface area contributed by atoms with E-state index in [1.165, 1.54) is 0 Å². The molecule has 0 radical (unpaired) electrons. The van der Waals surface area contributed by atoms with Crippen molar-refractivity contribution in [2.75, 3.05) is 6.54 Å². The lowest BCUT2D eigenvalue weighted by Gasteiger charge is -2.08. The molecule has 0 aliphatic rings. The van der Waals surface area contributed by atoms with Crippen LogP contribution in [0.15, 0.2) is 0 Å². The van der Waals surface area contributed by atoms with Gasteiger partial charge >= 0.3 is 5.97 Å². The Balaban J connectivity index is 0. The Labute approximate surface area is 78.3 Å². The predicted molar refractivity (Wildman–Crippen MR) is 50.1 cm³/mol. The first-order valence-corrected chi connectivity index (χ1v) is 3.58. The van der Waals surface area contributed by atoms with Gasteiger partial charge in [0.1, 0.15) is 0 Å². The summed E-state index contributed by atoms with van der Waals surface area (Å²) < 4.78 is 0. The van der Waals surface area contributed by atoms with Crippen molar-refractivity contribution in [1.82, 2.24) is 5.32 Å². The van der Waals surface area contributed by atoms with Gasteiger partial charge in [-0.3, -0.25) is 10.2 Å². The molecule has 0 saturated carbocycles. The third-order valence-corrected chi connectivity index (χ3v) is 1.23. The summed E-state index contributed by atoms with van der Waals surface area (Å²) in [5.41, 5.74) is 0. The van der Waals surface area contributed by atoms with Crippen molar-refractivity contribution in [2.45, 2.75) is 20.3 Å². The zero-order chi connectivity index (χ0) is 8.85. The maximum absolute atomic E-state index is 10.0. The van der Waals surface area contributed by atoms with Gasteiger partial charge in [-0.15, -0.1) is 12.4 Å². The average Bonchev–Trinajstić information content (AvgIpc) is 1.86. The van der Waals surface area contributed by atoms with Crippen LogP contribution < -0.4 is 5.32 Å². The molecule has 0 aromatic heterocycles. The van der Waals surface area contributed by atoms with Gasteiger partial charge in [0.15, 0.2) is 0 Å². The molecule has 72 valence electrons. The largest absolute Gasteiger partial charge is 0.481 e. The van der Waals surface area contributed by atoms with E-state index in [2.05, 4.69) is 5.32 Å². The first-order valence-electron chi connectivity index (χ1n) is 3.58. The standard InChI is InChI=1S/C7H14N2O2.ClH/c1-5(2)7(8)9-4-3-6(10)11;/h5H,3-4H2,1-2H3,(H2,8,9)(H,10,11);1H. The van der Waals surface area contributed by atoms with Crippen LogP contribution in [0.2, 0.25) is 0 Å². The Kier molecular flexibility index (Phi) is 7.94. The number of carbonyl (C=O) groups is 1. The van der Waals surface area contributed by atoms with Gasteiger partial charge < -0.3 is 10.4 Å². The summed E-state index contributed by atoms with van der Waals surface area (Å²) in [6.07, 6.45) is 0.0646. The zero-order valence-electron chi connectivity index (χ0n) is 7.26. The molecule has 12 heavy (non-hydrogen) atoms. The molecule has 0 aliphatic heterocycles. The summed E-state index contributed by atoms with van der Waals surface area (Å²) in [6, 6.07) is 0. The molecule has 0 aliphatic carbocycles. The molecule has 0 unspecified atom stereocenters. The highest BCUT2D eigenvalue weighted by Crippen LogP contribution is 1.90. The van der Waals surface area contributed by atoms with E-state index in [1.807, 2.05) is 13.8 Å². The third kappa shape index (κ3) is 7.34. The first-order chi connectivity index (χ1) is 5.04. The van der Waals surface area contributed by atoms with Crippen LogP contribution in [0.4, 0.5) is 0 Å². The number of aliphatic carboxylic acids is 1. The Morgan fingerprint density at radius 1 is 1.58 bits per heavy atom. The zero-order valence-corrected chi connectivity index (χ0v) is 8.07. The van der Waals surface area contributed by atoms with E-state index in [9.17, 15) is 4.79 Å². The van der Waals surface area contributed by atoms with Crippen LogP contribution >= 0.6 is 12.4 Å². The van der Waals surface area contributed by atoms with E-state index in [1.54, 1.807) is 0 Å².